The van der Waals surface area contributed by atoms with Gasteiger partial charge in [-0.3, -0.25) is 14.4 Å². The van der Waals surface area contributed by atoms with Crippen LogP contribution in [0.25, 0.3) is 0 Å². The van der Waals surface area contributed by atoms with Crippen LogP contribution in [0.5, 0.6) is 5.75 Å². The van der Waals surface area contributed by atoms with Crippen molar-refractivity contribution in [1.82, 2.24) is 9.21 Å². The van der Waals surface area contributed by atoms with Crippen molar-refractivity contribution in [2.24, 2.45) is 0 Å². The van der Waals surface area contributed by atoms with Crippen LogP contribution < -0.4 is 15.4 Å². The lowest BCUT2D eigenvalue weighted by molar-refractivity contribution is -0.122. The summed E-state index contributed by atoms with van der Waals surface area (Å²) in [6.07, 6.45) is -0.650. The Labute approximate surface area is 197 Å². The first kappa shape index (κ1) is 23.7. The van der Waals surface area contributed by atoms with Crippen LogP contribution in [0.15, 0.2) is 41.3 Å². The average molecular weight is 487 g/mol. The van der Waals surface area contributed by atoms with Gasteiger partial charge in [-0.15, -0.1) is 0 Å². The van der Waals surface area contributed by atoms with Crippen LogP contribution in [0.3, 0.4) is 0 Å². The summed E-state index contributed by atoms with van der Waals surface area (Å²) in [6, 6.07) is 9.46. The molecule has 2 N–H and O–H groups in total. The number of nitrogens with one attached hydrogen (secondary N) is 2. The number of nitrogens with zero attached hydrogens (tertiary/aromatic N) is 2. The quantitative estimate of drug-likeness (QED) is 0.679. The number of piperazine rings is 1. The fraction of sp³-hybridized carbons (Fsp3) is 0.348. The Morgan fingerprint density at radius 2 is 1.79 bits per heavy atom. The zero-order valence-corrected chi connectivity index (χ0v) is 19.9. The number of carbonyl (C=O) groups is 3. The fourth-order valence-corrected chi connectivity index (χ4v) is 5.34. The minimum absolute atomic E-state index is 0.0444. The Hall–Kier alpha value is -3.44. The summed E-state index contributed by atoms with van der Waals surface area (Å²) in [4.78, 5) is 37.9. The molecule has 3 amide bonds. The molecule has 0 spiro atoms. The van der Waals surface area contributed by atoms with Gasteiger partial charge < -0.3 is 20.3 Å². The molecule has 2 aliphatic rings. The summed E-state index contributed by atoms with van der Waals surface area (Å²) >= 11 is 0. The number of amides is 3. The van der Waals surface area contributed by atoms with Gasteiger partial charge in [0.25, 0.3) is 11.8 Å². The molecule has 0 unspecified atom stereocenters. The Balaban J connectivity index is 1.45. The molecule has 0 aromatic heterocycles. The zero-order valence-electron chi connectivity index (χ0n) is 19.1. The molecule has 0 bridgehead atoms. The monoisotopic (exact) mass is 486 g/mol. The molecule has 4 rings (SSSR count). The molecule has 11 heteroatoms. The number of anilines is 2. The lowest BCUT2D eigenvalue weighted by atomic mass is 10.1. The second-order valence-electron chi connectivity index (χ2n) is 8.31. The van der Waals surface area contributed by atoms with Gasteiger partial charge in [-0.1, -0.05) is 6.07 Å². The number of sulfonamides is 1. The first-order chi connectivity index (χ1) is 16.1. The smallest absolute Gasteiger partial charge is 0.265 e. The van der Waals surface area contributed by atoms with Gasteiger partial charge in [-0.2, -0.15) is 4.31 Å². The van der Waals surface area contributed by atoms with Crippen LogP contribution in [-0.2, 0) is 19.6 Å². The van der Waals surface area contributed by atoms with Gasteiger partial charge in [0.1, 0.15) is 5.75 Å². The summed E-state index contributed by atoms with van der Waals surface area (Å²) in [5, 5.41) is 5.37. The number of fused-ring (bicyclic) bond motifs is 1. The van der Waals surface area contributed by atoms with Gasteiger partial charge in [0.2, 0.25) is 15.9 Å². The molecule has 34 heavy (non-hydrogen) atoms. The molecule has 0 saturated carbocycles. The SMILES string of the molecule is CC(=O)Nc1cc(C(=O)N2CCN(S(=O)(=O)c3ccc4c(c3)NC(=O)[C@H](C)O4)CC2)ccc1C. The lowest BCUT2D eigenvalue weighted by Gasteiger charge is -2.34. The minimum atomic E-state index is -3.83. The number of aryl methyl sites for hydroxylation is 1. The van der Waals surface area contributed by atoms with E-state index in [0.29, 0.717) is 22.7 Å². The maximum absolute atomic E-state index is 13.2. The zero-order chi connectivity index (χ0) is 24.6. The van der Waals surface area contributed by atoms with E-state index in [9.17, 15) is 22.8 Å². The van der Waals surface area contributed by atoms with Crippen LogP contribution in [0, 0.1) is 6.92 Å². The van der Waals surface area contributed by atoms with Crippen LogP contribution in [0.2, 0.25) is 0 Å². The number of benzene rings is 2. The minimum Gasteiger partial charge on any atom is -0.479 e. The summed E-state index contributed by atoms with van der Waals surface area (Å²) < 4.78 is 33.2. The molecule has 0 aliphatic carbocycles. The number of ether oxygens (including phenoxy) is 1. The molecule has 1 saturated heterocycles. The van der Waals surface area contributed by atoms with Crippen molar-refractivity contribution in [3.63, 3.8) is 0 Å². The molecule has 0 radical (unpaired) electrons. The number of rotatable bonds is 4. The van der Waals surface area contributed by atoms with Gasteiger partial charge in [0.15, 0.2) is 6.10 Å². The van der Waals surface area contributed by atoms with Crippen molar-refractivity contribution in [3.8, 4) is 5.75 Å². The third kappa shape index (κ3) is 4.62. The van der Waals surface area contributed by atoms with E-state index < -0.39 is 16.1 Å². The number of hydrogen-bond acceptors (Lipinski definition) is 6. The van der Waals surface area contributed by atoms with Crippen LogP contribution in [-0.4, -0.2) is 67.6 Å². The Kier molecular flexibility index (Phi) is 6.32. The third-order valence-corrected chi connectivity index (χ3v) is 7.74. The van der Waals surface area contributed by atoms with E-state index in [0.717, 1.165) is 5.56 Å². The molecule has 180 valence electrons. The van der Waals surface area contributed by atoms with Crippen molar-refractivity contribution < 1.29 is 27.5 Å². The average Bonchev–Trinajstić information content (AvgIpc) is 2.80. The molecule has 2 aromatic carbocycles. The van der Waals surface area contributed by atoms with Crippen molar-refractivity contribution in [3.05, 3.63) is 47.5 Å². The fourth-order valence-electron chi connectivity index (χ4n) is 3.89. The normalized spacial score (nSPS) is 18.5. The highest BCUT2D eigenvalue weighted by Crippen LogP contribution is 2.33. The predicted molar refractivity (Wildman–Crippen MR) is 125 cm³/mol. The molecule has 2 aliphatic heterocycles. The Morgan fingerprint density at radius 1 is 1.09 bits per heavy atom. The highest BCUT2D eigenvalue weighted by Gasteiger charge is 2.32. The van der Waals surface area contributed by atoms with E-state index in [2.05, 4.69) is 10.6 Å². The van der Waals surface area contributed by atoms with Crippen molar-refractivity contribution in [2.45, 2.75) is 31.8 Å². The summed E-state index contributed by atoms with van der Waals surface area (Å²) in [5.74, 6) is -0.383. The van der Waals surface area contributed by atoms with Crippen LogP contribution in [0.4, 0.5) is 11.4 Å². The van der Waals surface area contributed by atoms with E-state index in [-0.39, 0.29) is 48.8 Å². The van der Waals surface area contributed by atoms with E-state index in [1.807, 2.05) is 6.92 Å². The van der Waals surface area contributed by atoms with Gasteiger partial charge in [0, 0.05) is 44.4 Å². The van der Waals surface area contributed by atoms with E-state index in [1.165, 1.54) is 29.4 Å². The van der Waals surface area contributed by atoms with Gasteiger partial charge in [0.05, 0.1) is 10.6 Å². The second-order valence-corrected chi connectivity index (χ2v) is 10.3. The van der Waals surface area contributed by atoms with Crippen LogP contribution >= 0.6 is 0 Å². The maximum Gasteiger partial charge on any atom is 0.265 e. The maximum atomic E-state index is 13.2. The first-order valence-electron chi connectivity index (χ1n) is 10.9. The molecule has 1 fully saturated rings. The highest BCUT2D eigenvalue weighted by molar-refractivity contribution is 7.89. The van der Waals surface area contributed by atoms with Gasteiger partial charge in [-0.25, -0.2) is 8.42 Å². The second kappa shape index (κ2) is 9.07. The Morgan fingerprint density at radius 3 is 2.47 bits per heavy atom. The Bertz CT molecular complexity index is 1270. The highest BCUT2D eigenvalue weighted by atomic mass is 32.2. The van der Waals surface area contributed by atoms with Gasteiger partial charge in [-0.05, 0) is 49.7 Å². The molecule has 2 aromatic rings. The topological polar surface area (TPSA) is 125 Å². The summed E-state index contributed by atoms with van der Waals surface area (Å²) in [7, 11) is -3.83. The predicted octanol–water partition coefficient (Wildman–Crippen LogP) is 1.82. The lowest BCUT2D eigenvalue weighted by Crippen LogP contribution is -2.50. The number of carbonyl (C=O) groups excluding carboxylic acids is 3. The largest absolute Gasteiger partial charge is 0.479 e. The van der Waals surface area contributed by atoms with E-state index in [1.54, 1.807) is 30.0 Å². The van der Waals surface area contributed by atoms with Crippen molar-refractivity contribution in [1.29, 1.82) is 0 Å². The molecular weight excluding hydrogens is 460 g/mol. The molecule has 2 heterocycles. The summed E-state index contributed by atoms with van der Waals surface area (Å²) in [6.45, 7) is 5.57. The third-order valence-electron chi connectivity index (χ3n) is 5.84. The number of hydrogen-bond donors (Lipinski definition) is 2. The van der Waals surface area contributed by atoms with Crippen LogP contribution in [0.1, 0.15) is 29.8 Å². The van der Waals surface area contributed by atoms with E-state index in [4.69, 9.17) is 4.74 Å². The van der Waals surface area contributed by atoms with Gasteiger partial charge >= 0.3 is 0 Å². The van der Waals surface area contributed by atoms with Crippen molar-refractivity contribution >= 4 is 39.1 Å². The summed E-state index contributed by atoms with van der Waals surface area (Å²) in [5.41, 5.74) is 2.14. The molecular formula is C23H26N4O6S. The molecule has 10 nitrogen and oxygen atoms in total. The van der Waals surface area contributed by atoms with Crippen molar-refractivity contribution in [2.75, 3.05) is 36.8 Å². The van der Waals surface area contributed by atoms with E-state index >= 15 is 0 Å². The molecule has 1 atom stereocenters. The first-order valence-corrected chi connectivity index (χ1v) is 12.3. The standard InChI is InChI=1S/C23H26N4O6S/c1-14-4-5-17(12-19(14)24-16(3)28)23(30)26-8-10-27(11-9-26)34(31,32)18-6-7-21-20(13-18)25-22(29)15(2)33-21/h4-7,12-13,15H,8-11H2,1-3H3,(H,24,28)(H,25,29)/t15-/m0/s1.